The maximum absolute atomic E-state index is 13.5. The maximum Gasteiger partial charge on any atom is 0.243 e. The van der Waals surface area contributed by atoms with E-state index in [9.17, 15) is 25.3 Å². The first-order valence-electron chi connectivity index (χ1n) is 10.1. The summed E-state index contributed by atoms with van der Waals surface area (Å²) in [5, 5.41) is 18.1. The third kappa shape index (κ3) is 5.46. The molecule has 1 N–H and O–H groups in total. The van der Waals surface area contributed by atoms with Gasteiger partial charge in [-0.3, -0.25) is 0 Å². The Balaban J connectivity index is 1.92. The molecule has 2 aromatic rings. The van der Waals surface area contributed by atoms with E-state index >= 15 is 0 Å². The zero-order valence-electron chi connectivity index (χ0n) is 18.2. The van der Waals surface area contributed by atoms with Gasteiger partial charge in [0.05, 0.1) is 44.6 Å². The summed E-state index contributed by atoms with van der Waals surface area (Å²) >= 11 is 0. The van der Waals surface area contributed by atoms with Crippen LogP contribution in [0.25, 0.3) is 0 Å². The summed E-state index contributed by atoms with van der Waals surface area (Å²) in [6.45, 7) is 0.822. The van der Waals surface area contributed by atoms with E-state index in [1.54, 1.807) is 0 Å². The van der Waals surface area contributed by atoms with E-state index in [1.807, 2.05) is 12.1 Å². The van der Waals surface area contributed by atoms with Crippen molar-refractivity contribution in [2.45, 2.75) is 28.7 Å². The highest BCUT2D eigenvalue weighted by Crippen LogP contribution is 2.34. The lowest BCUT2D eigenvalue weighted by atomic mass is 10.0. The molecule has 1 aliphatic rings. The minimum absolute atomic E-state index is 0.0451. The Hall–Kier alpha value is -2.81. The molecule has 0 bridgehead atoms. The zero-order valence-corrected chi connectivity index (χ0v) is 20.6. The van der Waals surface area contributed by atoms with Gasteiger partial charge in [-0.15, -0.1) is 0 Å². The first-order chi connectivity index (χ1) is 15.8. The van der Waals surface area contributed by atoms with Gasteiger partial charge in [0.1, 0.15) is 0 Å². The van der Waals surface area contributed by atoms with Gasteiger partial charge in [0.25, 0.3) is 0 Å². The fraction of sp³-hybridized carbons (Fsp3) is 0.333. The molecule has 0 aliphatic carbocycles. The standard InChI is InChI=1S/C21H22N4O6S3/c1-21(8-11-32(26,27)16-21)25(34(30,31)20-7-3-5-18(13-20)15-23)10-9-24-33(28,29)19-6-2-4-17(12-19)14-22/h2-7,12-13,24H,8-11,16H2,1H3/t21-/m0/s1. The predicted octanol–water partition coefficient (Wildman–Crippen LogP) is 0.976. The second-order valence-electron chi connectivity index (χ2n) is 8.09. The van der Waals surface area contributed by atoms with Crippen molar-refractivity contribution in [3.05, 3.63) is 59.7 Å². The number of nitriles is 2. The van der Waals surface area contributed by atoms with Gasteiger partial charge in [0, 0.05) is 18.6 Å². The second-order valence-corrected chi connectivity index (χ2v) is 13.9. The number of sulfonamides is 2. The van der Waals surface area contributed by atoms with E-state index in [1.165, 1.54) is 55.5 Å². The molecule has 1 atom stereocenters. The maximum atomic E-state index is 13.5. The summed E-state index contributed by atoms with van der Waals surface area (Å²) in [4.78, 5) is -0.348. The smallest absolute Gasteiger partial charge is 0.229 e. The Bertz CT molecular complexity index is 1510. The van der Waals surface area contributed by atoms with Gasteiger partial charge in [0.15, 0.2) is 9.84 Å². The van der Waals surface area contributed by atoms with Crippen LogP contribution < -0.4 is 4.72 Å². The minimum atomic E-state index is -4.28. The molecule has 3 rings (SSSR count). The molecule has 0 saturated carbocycles. The van der Waals surface area contributed by atoms with Crippen LogP contribution in [0.1, 0.15) is 24.5 Å². The van der Waals surface area contributed by atoms with E-state index < -0.39 is 41.2 Å². The van der Waals surface area contributed by atoms with E-state index in [4.69, 9.17) is 10.5 Å². The van der Waals surface area contributed by atoms with E-state index in [2.05, 4.69) is 4.72 Å². The summed E-state index contributed by atoms with van der Waals surface area (Å²) in [6.07, 6.45) is 0.0451. The van der Waals surface area contributed by atoms with Crippen molar-refractivity contribution in [3.8, 4) is 12.1 Å². The number of sulfone groups is 1. The number of nitrogens with zero attached hydrogens (tertiary/aromatic N) is 3. The lowest BCUT2D eigenvalue weighted by Gasteiger charge is -2.36. The van der Waals surface area contributed by atoms with E-state index in [-0.39, 0.29) is 46.2 Å². The fourth-order valence-electron chi connectivity index (χ4n) is 3.82. The molecule has 0 spiro atoms. The summed E-state index contributed by atoms with van der Waals surface area (Å²) in [7, 11) is -11.8. The molecular weight excluding hydrogens is 500 g/mol. The highest BCUT2D eigenvalue weighted by molar-refractivity contribution is 7.92. The van der Waals surface area contributed by atoms with E-state index in [0.29, 0.717) is 0 Å². The molecule has 1 fully saturated rings. The number of hydrogen-bond acceptors (Lipinski definition) is 8. The Labute approximate surface area is 199 Å². The SMILES string of the molecule is C[C@]1(N(CCNS(=O)(=O)c2cccc(C#N)c2)S(=O)(=O)c2cccc(C#N)c2)CCS(=O)(=O)C1. The third-order valence-corrected chi connectivity index (χ3v) is 10.9. The van der Waals surface area contributed by atoms with E-state index in [0.717, 1.165) is 4.31 Å². The molecular formula is C21H22N4O6S3. The number of benzene rings is 2. The van der Waals surface area contributed by atoms with Gasteiger partial charge >= 0.3 is 0 Å². The molecule has 2 aromatic carbocycles. The van der Waals surface area contributed by atoms with Crippen molar-refractivity contribution in [3.63, 3.8) is 0 Å². The minimum Gasteiger partial charge on any atom is -0.229 e. The highest BCUT2D eigenvalue weighted by Gasteiger charge is 2.48. The quantitative estimate of drug-likeness (QED) is 0.536. The van der Waals surface area contributed by atoms with Gasteiger partial charge in [-0.25, -0.2) is 30.0 Å². The second kappa shape index (κ2) is 9.44. The molecule has 180 valence electrons. The fourth-order valence-corrected chi connectivity index (χ4v) is 8.96. The van der Waals surface area contributed by atoms with Crippen LogP contribution in [0.2, 0.25) is 0 Å². The molecule has 1 saturated heterocycles. The molecule has 0 radical (unpaired) electrons. The molecule has 0 amide bonds. The Morgan fingerprint density at radius 1 is 1.00 bits per heavy atom. The first-order valence-corrected chi connectivity index (χ1v) is 14.8. The average molecular weight is 523 g/mol. The van der Waals surface area contributed by atoms with Gasteiger partial charge < -0.3 is 0 Å². The van der Waals surface area contributed by atoms with Crippen LogP contribution in [0.3, 0.4) is 0 Å². The Kier molecular flexibility index (Phi) is 7.17. The Morgan fingerprint density at radius 3 is 2.09 bits per heavy atom. The van der Waals surface area contributed by atoms with Crippen molar-refractivity contribution in [1.29, 1.82) is 10.5 Å². The molecule has 0 unspecified atom stereocenters. The van der Waals surface area contributed by atoms with Gasteiger partial charge in [-0.2, -0.15) is 14.8 Å². The van der Waals surface area contributed by atoms with Crippen molar-refractivity contribution in [1.82, 2.24) is 9.03 Å². The molecule has 34 heavy (non-hydrogen) atoms. The molecule has 1 heterocycles. The van der Waals surface area contributed by atoms with Gasteiger partial charge in [-0.05, 0) is 49.7 Å². The topological polar surface area (TPSA) is 165 Å². The molecule has 10 nitrogen and oxygen atoms in total. The van der Waals surface area contributed by atoms with Gasteiger partial charge in [0.2, 0.25) is 20.0 Å². The number of hydrogen-bond donors (Lipinski definition) is 1. The highest BCUT2D eigenvalue weighted by atomic mass is 32.2. The molecule has 0 aromatic heterocycles. The van der Waals surface area contributed by atoms with Crippen molar-refractivity contribution in [2.24, 2.45) is 0 Å². The normalized spacial score (nSPS) is 20.0. The monoisotopic (exact) mass is 522 g/mol. The molecule has 1 aliphatic heterocycles. The summed E-state index contributed by atoms with van der Waals surface area (Å²) in [5.41, 5.74) is -1.04. The largest absolute Gasteiger partial charge is 0.243 e. The van der Waals surface area contributed by atoms with Crippen molar-refractivity contribution >= 4 is 29.9 Å². The number of nitrogens with one attached hydrogen (secondary N) is 1. The van der Waals surface area contributed by atoms with Crippen LogP contribution in [0.4, 0.5) is 0 Å². The lowest BCUT2D eigenvalue weighted by molar-refractivity contribution is 0.236. The number of rotatable bonds is 8. The van der Waals surface area contributed by atoms with Crippen LogP contribution in [0, 0.1) is 22.7 Å². The van der Waals surface area contributed by atoms with Crippen LogP contribution in [0.15, 0.2) is 58.3 Å². The third-order valence-electron chi connectivity index (χ3n) is 5.52. The molecule has 13 heteroatoms. The predicted molar refractivity (Wildman–Crippen MR) is 123 cm³/mol. The first kappa shape index (κ1) is 25.8. The van der Waals surface area contributed by atoms with Crippen molar-refractivity contribution < 1.29 is 25.3 Å². The lowest BCUT2D eigenvalue weighted by Crippen LogP contribution is -2.53. The van der Waals surface area contributed by atoms with Crippen LogP contribution >= 0.6 is 0 Å². The summed E-state index contributed by atoms with van der Waals surface area (Å²) in [5.74, 6) is -0.603. The summed E-state index contributed by atoms with van der Waals surface area (Å²) in [6, 6.07) is 14.4. The van der Waals surface area contributed by atoms with Gasteiger partial charge in [-0.1, -0.05) is 12.1 Å². The average Bonchev–Trinajstić information content (AvgIpc) is 3.09. The van der Waals surface area contributed by atoms with Crippen molar-refractivity contribution in [2.75, 3.05) is 24.6 Å². The Morgan fingerprint density at radius 2 is 1.56 bits per heavy atom. The summed E-state index contributed by atoms with van der Waals surface area (Å²) < 4.78 is 80.1. The van der Waals surface area contributed by atoms with Crippen LogP contribution in [-0.2, 0) is 29.9 Å². The zero-order chi connectivity index (χ0) is 25.2. The van der Waals surface area contributed by atoms with Crippen LogP contribution in [0.5, 0.6) is 0 Å². The van der Waals surface area contributed by atoms with Crippen LogP contribution in [-0.4, -0.2) is 59.7 Å².